The van der Waals surface area contributed by atoms with Gasteiger partial charge in [0.15, 0.2) is 5.16 Å². The van der Waals surface area contributed by atoms with Crippen molar-refractivity contribution in [3.05, 3.63) is 24.3 Å². The largest absolute Gasteiger partial charge is 0.495 e. The monoisotopic (exact) mass is 456 g/mol. The molecule has 1 aliphatic heterocycles. The maximum atomic E-state index is 12.9. The second-order valence-corrected chi connectivity index (χ2v) is 9.86. The van der Waals surface area contributed by atoms with E-state index in [4.69, 9.17) is 4.74 Å². The van der Waals surface area contributed by atoms with Gasteiger partial charge in [-0.15, -0.1) is 10.2 Å². The van der Waals surface area contributed by atoms with Gasteiger partial charge in [0.1, 0.15) is 11.3 Å². The van der Waals surface area contributed by atoms with Crippen molar-refractivity contribution in [3.63, 3.8) is 0 Å². The Kier molecular flexibility index (Phi) is 7.67. The van der Waals surface area contributed by atoms with Gasteiger partial charge in [-0.25, -0.2) is 0 Å². The first-order valence-corrected chi connectivity index (χ1v) is 11.9. The Morgan fingerprint density at radius 3 is 2.53 bits per heavy atom. The first-order valence-electron chi connectivity index (χ1n) is 11.0. The average molecular weight is 457 g/mol. The fraction of sp³-hybridized carbons (Fsp3) is 0.565. The minimum atomic E-state index is -0.929. The molecule has 0 spiro atoms. The van der Waals surface area contributed by atoms with E-state index in [0.717, 1.165) is 37.6 Å². The molecular weight excluding hydrogens is 424 g/mol. The Balaban J connectivity index is 1.93. The Morgan fingerprint density at radius 2 is 1.91 bits per heavy atom. The van der Waals surface area contributed by atoms with Gasteiger partial charge in [-0.2, -0.15) is 5.26 Å². The summed E-state index contributed by atoms with van der Waals surface area (Å²) in [6.45, 7) is 9.25. The number of methoxy groups -OCH3 is 1. The highest BCUT2D eigenvalue weighted by Crippen LogP contribution is 2.34. The van der Waals surface area contributed by atoms with Crippen molar-refractivity contribution in [1.29, 1.82) is 5.26 Å². The SMILES string of the molecule is COc1ccccc1-n1c(S[C@@H](C)C(=O)N[C@](C)(C#N)C(C)C)nnc1N1CCCCC1. The molecule has 1 N–H and O–H groups in total. The minimum Gasteiger partial charge on any atom is -0.495 e. The number of hydrogen-bond donors (Lipinski definition) is 1. The van der Waals surface area contributed by atoms with Gasteiger partial charge in [0, 0.05) is 13.1 Å². The van der Waals surface area contributed by atoms with Crippen molar-refractivity contribution in [2.24, 2.45) is 5.92 Å². The van der Waals surface area contributed by atoms with Crippen LogP contribution in [-0.2, 0) is 4.79 Å². The number of carbonyl (C=O) groups is 1. The molecule has 3 rings (SSSR count). The maximum Gasteiger partial charge on any atom is 0.234 e. The number of amides is 1. The quantitative estimate of drug-likeness (QED) is 0.604. The molecule has 0 bridgehead atoms. The van der Waals surface area contributed by atoms with E-state index < -0.39 is 10.8 Å². The van der Waals surface area contributed by atoms with Gasteiger partial charge < -0.3 is 15.0 Å². The number of nitriles is 1. The molecule has 172 valence electrons. The molecule has 1 fully saturated rings. The number of rotatable bonds is 8. The zero-order valence-electron chi connectivity index (χ0n) is 19.5. The first kappa shape index (κ1) is 23.9. The highest BCUT2D eigenvalue weighted by atomic mass is 32.2. The molecule has 2 aromatic rings. The van der Waals surface area contributed by atoms with Crippen molar-refractivity contribution in [3.8, 4) is 17.5 Å². The minimum absolute atomic E-state index is 0.0170. The summed E-state index contributed by atoms with van der Waals surface area (Å²) in [5.41, 5.74) is -0.0963. The molecule has 8 nitrogen and oxygen atoms in total. The van der Waals surface area contributed by atoms with E-state index in [-0.39, 0.29) is 11.8 Å². The summed E-state index contributed by atoms with van der Waals surface area (Å²) in [5.74, 6) is 1.24. The van der Waals surface area contributed by atoms with E-state index >= 15 is 0 Å². The molecule has 2 atom stereocenters. The lowest BCUT2D eigenvalue weighted by Gasteiger charge is -2.29. The van der Waals surface area contributed by atoms with Crippen LogP contribution in [0, 0.1) is 17.2 Å². The van der Waals surface area contributed by atoms with Gasteiger partial charge in [0.2, 0.25) is 11.9 Å². The van der Waals surface area contributed by atoms with Crippen LogP contribution in [0.5, 0.6) is 5.75 Å². The lowest BCUT2D eigenvalue weighted by atomic mass is 9.90. The topological polar surface area (TPSA) is 96.1 Å². The second kappa shape index (κ2) is 10.3. The Bertz CT molecular complexity index is 979. The lowest BCUT2D eigenvalue weighted by Crippen LogP contribution is -2.51. The molecular formula is C23H32N6O2S. The number of nitrogens with zero attached hydrogens (tertiary/aromatic N) is 5. The van der Waals surface area contributed by atoms with Crippen LogP contribution in [-0.4, -0.2) is 51.7 Å². The van der Waals surface area contributed by atoms with Gasteiger partial charge >= 0.3 is 0 Å². The van der Waals surface area contributed by atoms with Gasteiger partial charge in [-0.3, -0.25) is 9.36 Å². The van der Waals surface area contributed by atoms with Crippen molar-refractivity contribution in [2.75, 3.05) is 25.1 Å². The maximum absolute atomic E-state index is 12.9. The van der Waals surface area contributed by atoms with E-state index in [1.165, 1.54) is 18.2 Å². The molecule has 2 heterocycles. The predicted octanol–water partition coefficient (Wildman–Crippen LogP) is 3.80. The van der Waals surface area contributed by atoms with Crippen LogP contribution in [0.2, 0.25) is 0 Å². The summed E-state index contributed by atoms with van der Waals surface area (Å²) in [4.78, 5) is 15.2. The first-order chi connectivity index (χ1) is 15.3. The van der Waals surface area contributed by atoms with Crippen LogP contribution in [0.4, 0.5) is 5.95 Å². The summed E-state index contributed by atoms with van der Waals surface area (Å²) in [7, 11) is 1.64. The number of hydrogen-bond acceptors (Lipinski definition) is 7. The molecule has 0 unspecified atom stereocenters. The molecule has 9 heteroatoms. The fourth-order valence-electron chi connectivity index (χ4n) is 3.53. The molecule has 1 saturated heterocycles. The number of para-hydroxylation sites is 2. The van der Waals surface area contributed by atoms with Crippen LogP contribution in [0.1, 0.15) is 47.0 Å². The van der Waals surface area contributed by atoms with E-state index in [1.807, 2.05) is 49.6 Å². The predicted molar refractivity (Wildman–Crippen MR) is 126 cm³/mol. The molecule has 32 heavy (non-hydrogen) atoms. The van der Waals surface area contributed by atoms with E-state index in [0.29, 0.717) is 10.9 Å². The van der Waals surface area contributed by atoms with Gasteiger partial charge in [0.25, 0.3) is 0 Å². The highest BCUT2D eigenvalue weighted by Gasteiger charge is 2.33. The van der Waals surface area contributed by atoms with E-state index in [1.54, 1.807) is 14.0 Å². The highest BCUT2D eigenvalue weighted by molar-refractivity contribution is 8.00. The average Bonchev–Trinajstić information content (AvgIpc) is 3.22. The van der Waals surface area contributed by atoms with E-state index in [2.05, 4.69) is 26.5 Å². The summed E-state index contributed by atoms with van der Waals surface area (Å²) in [6.07, 6.45) is 3.44. The number of piperidine rings is 1. The number of ether oxygens (including phenoxy) is 1. The standard InChI is InChI=1S/C23H32N6O2S/c1-16(2)23(4,15-24)25-20(30)17(3)32-22-27-26-21(28-13-9-6-10-14-28)29(22)18-11-7-8-12-19(18)31-5/h7-8,11-12,16-17H,6,9-10,13-14H2,1-5H3,(H,25,30)/t17-,23+/m0/s1. The van der Waals surface area contributed by atoms with Crippen LogP contribution >= 0.6 is 11.8 Å². The third-order valence-corrected chi connectivity index (χ3v) is 7.05. The number of nitrogens with one attached hydrogen (secondary N) is 1. The van der Waals surface area contributed by atoms with Crippen LogP contribution in [0.15, 0.2) is 29.4 Å². The molecule has 1 aromatic carbocycles. The van der Waals surface area contributed by atoms with Crippen molar-refractivity contribution in [1.82, 2.24) is 20.1 Å². The lowest BCUT2D eigenvalue weighted by molar-refractivity contribution is -0.121. The second-order valence-electron chi connectivity index (χ2n) is 8.56. The third kappa shape index (κ3) is 5.01. The summed E-state index contributed by atoms with van der Waals surface area (Å²) >= 11 is 1.33. The van der Waals surface area contributed by atoms with Gasteiger partial charge in [0.05, 0.1) is 24.1 Å². The number of anilines is 1. The smallest absolute Gasteiger partial charge is 0.234 e. The molecule has 0 radical (unpaired) electrons. The molecule has 1 aliphatic rings. The third-order valence-electron chi connectivity index (χ3n) is 6.00. The van der Waals surface area contributed by atoms with Crippen LogP contribution in [0.3, 0.4) is 0 Å². The Morgan fingerprint density at radius 1 is 1.22 bits per heavy atom. The van der Waals surface area contributed by atoms with Crippen molar-refractivity contribution >= 4 is 23.6 Å². The molecule has 1 aromatic heterocycles. The molecule has 0 saturated carbocycles. The summed E-state index contributed by atoms with van der Waals surface area (Å²) < 4.78 is 7.58. The van der Waals surface area contributed by atoms with Crippen molar-refractivity contribution < 1.29 is 9.53 Å². The van der Waals surface area contributed by atoms with Gasteiger partial charge in [-0.1, -0.05) is 37.7 Å². The number of carbonyl (C=O) groups excluding carboxylic acids is 1. The van der Waals surface area contributed by atoms with Crippen LogP contribution < -0.4 is 15.0 Å². The fourth-order valence-corrected chi connectivity index (χ4v) is 4.39. The zero-order valence-corrected chi connectivity index (χ0v) is 20.3. The number of benzene rings is 1. The normalized spacial score (nSPS) is 16.8. The molecule has 1 amide bonds. The van der Waals surface area contributed by atoms with Gasteiger partial charge in [-0.05, 0) is 51.2 Å². The number of thioether (sulfide) groups is 1. The molecule has 0 aliphatic carbocycles. The Labute approximate surface area is 194 Å². The summed E-state index contributed by atoms with van der Waals surface area (Å²) in [5, 5.41) is 21.6. The number of aromatic nitrogens is 3. The zero-order chi connectivity index (χ0) is 23.3. The Hall–Kier alpha value is -2.73. The van der Waals surface area contributed by atoms with Crippen LogP contribution in [0.25, 0.3) is 5.69 Å². The van der Waals surface area contributed by atoms with Crippen molar-refractivity contribution in [2.45, 2.75) is 62.9 Å². The summed E-state index contributed by atoms with van der Waals surface area (Å²) in [6, 6.07) is 9.97. The van der Waals surface area contributed by atoms with E-state index in [9.17, 15) is 10.1 Å².